The molecule has 10 nitrogen and oxygen atoms in total. The number of hydrazone groups is 1. The molecule has 0 saturated heterocycles. The van der Waals surface area contributed by atoms with Gasteiger partial charge < -0.3 is 14.2 Å². The Kier molecular flexibility index (Phi) is 4.89. The van der Waals surface area contributed by atoms with Crippen LogP contribution in [0.1, 0.15) is 5.56 Å². The van der Waals surface area contributed by atoms with Crippen LogP contribution in [0.4, 0.5) is 5.69 Å². The zero-order valence-corrected chi connectivity index (χ0v) is 14.9. The fourth-order valence-electron chi connectivity index (χ4n) is 2.75. The van der Waals surface area contributed by atoms with Gasteiger partial charge in [-0.3, -0.25) is 19.9 Å². The Labute approximate surface area is 163 Å². The average molecular weight is 394 g/mol. The van der Waals surface area contributed by atoms with Crippen molar-refractivity contribution in [2.24, 2.45) is 5.10 Å². The summed E-state index contributed by atoms with van der Waals surface area (Å²) in [5.41, 5.74) is 2.86. The topological polar surface area (TPSA) is 125 Å². The van der Waals surface area contributed by atoms with Gasteiger partial charge in [-0.1, -0.05) is 18.2 Å². The molecule has 146 valence electrons. The van der Waals surface area contributed by atoms with E-state index in [-0.39, 0.29) is 30.4 Å². The van der Waals surface area contributed by atoms with Gasteiger partial charge in [-0.25, -0.2) is 5.43 Å². The van der Waals surface area contributed by atoms with Crippen molar-refractivity contribution >= 4 is 28.7 Å². The van der Waals surface area contributed by atoms with E-state index in [2.05, 4.69) is 15.5 Å². The Morgan fingerprint density at radius 2 is 2.07 bits per heavy atom. The highest BCUT2D eigenvalue weighted by atomic mass is 16.7. The summed E-state index contributed by atoms with van der Waals surface area (Å²) in [6.07, 6.45) is 2.80. The van der Waals surface area contributed by atoms with E-state index >= 15 is 0 Å². The summed E-state index contributed by atoms with van der Waals surface area (Å²) in [5, 5.41) is 15.9. The lowest BCUT2D eigenvalue weighted by molar-refractivity contribution is -0.385. The number of rotatable bonds is 6. The normalized spacial score (nSPS) is 12.3. The molecule has 0 atom stereocenters. The number of carbonyl (C=O) groups excluding carboxylic acids is 1. The number of hydrogen-bond acceptors (Lipinski definition) is 8. The van der Waals surface area contributed by atoms with E-state index in [0.717, 1.165) is 11.6 Å². The third kappa shape index (κ3) is 3.90. The second kappa shape index (κ2) is 7.80. The molecule has 0 bridgehead atoms. The van der Waals surface area contributed by atoms with Crippen LogP contribution in [0.25, 0.3) is 10.9 Å². The van der Waals surface area contributed by atoms with E-state index in [4.69, 9.17) is 14.2 Å². The maximum Gasteiger partial charge on any atom is 0.282 e. The molecule has 2 aromatic carbocycles. The number of pyridine rings is 1. The minimum Gasteiger partial charge on any atom is -0.481 e. The fraction of sp³-hybridized carbons (Fsp3) is 0.105. The smallest absolute Gasteiger partial charge is 0.282 e. The number of amides is 1. The molecule has 4 rings (SSSR count). The van der Waals surface area contributed by atoms with Crippen molar-refractivity contribution in [1.29, 1.82) is 0 Å². The molecule has 1 N–H and O–H groups in total. The molecule has 1 aliphatic rings. The molecule has 0 saturated carbocycles. The molecule has 0 aliphatic carbocycles. The Balaban J connectivity index is 1.41. The van der Waals surface area contributed by atoms with Crippen molar-refractivity contribution in [3.63, 3.8) is 0 Å². The van der Waals surface area contributed by atoms with Crippen LogP contribution in [0.2, 0.25) is 0 Å². The lowest BCUT2D eigenvalue weighted by atomic mass is 10.1. The molecule has 29 heavy (non-hydrogen) atoms. The van der Waals surface area contributed by atoms with Gasteiger partial charge in [0.05, 0.1) is 22.8 Å². The minimum atomic E-state index is -0.568. The fourth-order valence-corrected chi connectivity index (χ4v) is 2.75. The van der Waals surface area contributed by atoms with Crippen LogP contribution >= 0.6 is 0 Å². The summed E-state index contributed by atoms with van der Waals surface area (Å²) in [6, 6.07) is 11.8. The molecule has 1 amide bonds. The summed E-state index contributed by atoms with van der Waals surface area (Å²) in [7, 11) is 0. The Bertz CT molecular complexity index is 1130. The van der Waals surface area contributed by atoms with Crippen LogP contribution in [-0.2, 0) is 4.79 Å². The van der Waals surface area contributed by atoms with Crippen molar-refractivity contribution in [3.05, 3.63) is 64.3 Å². The molecule has 0 spiro atoms. The van der Waals surface area contributed by atoms with Gasteiger partial charge in [0.25, 0.3) is 11.6 Å². The maximum absolute atomic E-state index is 12.0. The van der Waals surface area contributed by atoms with Gasteiger partial charge in [0, 0.05) is 11.6 Å². The second-order valence-corrected chi connectivity index (χ2v) is 5.93. The molecule has 0 unspecified atom stereocenters. The molecule has 1 aliphatic heterocycles. The highest BCUT2D eigenvalue weighted by Crippen LogP contribution is 2.37. The first-order chi connectivity index (χ1) is 14.1. The number of nitrogens with one attached hydrogen (secondary N) is 1. The van der Waals surface area contributed by atoms with Crippen molar-refractivity contribution < 1.29 is 23.9 Å². The monoisotopic (exact) mass is 394 g/mol. The van der Waals surface area contributed by atoms with E-state index in [1.54, 1.807) is 18.3 Å². The van der Waals surface area contributed by atoms with Gasteiger partial charge in [0.1, 0.15) is 11.3 Å². The maximum atomic E-state index is 12.0. The molecular weight excluding hydrogens is 380 g/mol. The standard InChI is InChI=1S/C19H14N4O6/c24-18(10-27-15-5-1-3-12-4-2-6-20-19(12)15)22-21-9-13-7-16-17(29-11-28-16)8-14(13)23(25)26/h1-9H,10-11H2,(H,22,24)/b21-9-. The Hall–Kier alpha value is -4.21. The molecule has 3 aromatic rings. The second-order valence-electron chi connectivity index (χ2n) is 5.93. The first-order valence-corrected chi connectivity index (χ1v) is 8.48. The van der Waals surface area contributed by atoms with Gasteiger partial charge in [0.15, 0.2) is 18.1 Å². The zero-order valence-electron chi connectivity index (χ0n) is 14.9. The first kappa shape index (κ1) is 18.2. The van der Waals surface area contributed by atoms with E-state index < -0.39 is 10.8 Å². The van der Waals surface area contributed by atoms with E-state index in [0.29, 0.717) is 17.0 Å². The molecule has 0 fully saturated rings. The zero-order chi connectivity index (χ0) is 20.2. The van der Waals surface area contributed by atoms with Crippen molar-refractivity contribution in [2.75, 3.05) is 13.4 Å². The van der Waals surface area contributed by atoms with Crippen LogP contribution in [0, 0.1) is 10.1 Å². The number of nitro groups is 1. The number of ether oxygens (including phenoxy) is 3. The van der Waals surface area contributed by atoms with E-state index in [1.807, 2.05) is 18.2 Å². The summed E-state index contributed by atoms with van der Waals surface area (Å²) >= 11 is 0. The lowest BCUT2D eigenvalue weighted by Gasteiger charge is -2.07. The van der Waals surface area contributed by atoms with Crippen LogP contribution < -0.4 is 19.6 Å². The predicted molar refractivity (Wildman–Crippen MR) is 102 cm³/mol. The SMILES string of the molecule is O=C(COc1cccc2cccnc12)N/N=C\c1cc2c(cc1[N+](=O)[O-])OCO2. The summed E-state index contributed by atoms with van der Waals surface area (Å²) in [6.45, 7) is -0.305. The van der Waals surface area contributed by atoms with Gasteiger partial charge in [0.2, 0.25) is 6.79 Å². The number of fused-ring (bicyclic) bond motifs is 2. The number of nitro benzene ring substituents is 1. The average Bonchev–Trinajstić information content (AvgIpc) is 3.19. The number of carbonyl (C=O) groups is 1. The Morgan fingerprint density at radius 1 is 1.28 bits per heavy atom. The van der Waals surface area contributed by atoms with Gasteiger partial charge in [-0.2, -0.15) is 5.10 Å². The summed E-state index contributed by atoms with van der Waals surface area (Å²) in [5.74, 6) is 0.594. The Morgan fingerprint density at radius 3 is 2.90 bits per heavy atom. The van der Waals surface area contributed by atoms with Crippen molar-refractivity contribution in [1.82, 2.24) is 10.4 Å². The number of aromatic nitrogens is 1. The third-order valence-electron chi connectivity index (χ3n) is 4.07. The van der Waals surface area contributed by atoms with Gasteiger partial charge in [-0.15, -0.1) is 0 Å². The number of para-hydroxylation sites is 1. The molecule has 1 aromatic heterocycles. The largest absolute Gasteiger partial charge is 0.481 e. The van der Waals surface area contributed by atoms with Crippen LogP contribution in [0.3, 0.4) is 0 Å². The van der Waals surface area contributed by atoms with E-state index in [9.17, 15) is 14.9 Å². The minimum absolute atomic E-state index is 0.00974. The molecular formula is C19H14N4O6. The van der Waals surface area contributed by atoms with Gasteiger partial charge in [-0.05, 0) is 18.2 Å². The highest BCUT2D eigenvalue weighted by molar-refractivity contribution is 5.88. The summed E-state index contributed by atoms with van der Waals surface area (Å²) < 4.78 is 15.8. The molecule has 0 radical (unpaired) electrons. The van der Waals surface area contributed by atoms with Gasteiger partial charge >= 0.3 is 0 Å². The van der Waals surface area contributed by atoms with Crippen LogP contribution in [0.15, 0.2) is 53.8 Å². The molecule has 2 heterocycles. The van der Waals surface area contributed by atoms with Crippen molar-refractivity contribution in [3.8, 4) is 17.2 Å². The predicted octanol–water partition coefficient (Wildman–Crippen LogP) is 2.40. The number of benzene rings is 2. The first-order valence-electron chi connectivity index (χ1n) is 8.48. The van der Waals surface area contributed by atoms with Crippen LogP contribution in [-0.4, -0.2) is 35.4 Å². The quantitative estimate of drug-likeness (QED) is 0.386. The number of nitrogens with zero attached hydrogens (tertiary/aromatic N) is 3. The number of hydrogen-bond donors (Lipinski definition) is 1. The lowest BCUT2D eigenvalue weighted by Crippen LogP contribution is -2.24. The van der Waals surface area contributed by atoms with Crippen molar-refractivity contribution in [2.45, 2.75) is 0 Å². The van der Waals surface area contributed by atoms with Crippen LogP contribution in [0.5, 0.6) is 17.2 Å². The van der Waals surface area contributed by atoms with E-state index in [1.165, 1.54) is 12.1 Å². The molecule has 10 heteroatoms. The third-order valence-corrected chi connectivity index (χ3v) is 4.07. The summed E-state index contributed by atoms with van der Waals surface area (Å²) in [4.78, 5) is 26.9. The highest BCUT2D eigenvalue weighted by Gasteiger charge is 2.22.